The summed E-state index contributed by atoms with van der Waals surface area (Å²) in [4.78, 5) is 18.6. The van der Waals surface area contributed by atoms with Crippen molar-refractivity contribution in [3.05, 3.63) is 42.1 Å². The second kappa shape index (κ2) is 4.69. The van der Waals surface area contributed by atoms with Crippen LogP contribution in [0.3, 0.4) is 0 Å². The minimum absolute atomic E-state index is 0.116. The number of halogens is 1. The Kier molecular flexibility index (Phi) is 3.04. The summed E-state index contributed by atoms with van der Waals surface area (Å²) in [6, 6.07) is 9.54. The van der Waals surface area contributed by atoms with Gasteiger partial charge in [-0.15, -0.1) is 0 Å². The molecule has 0 aliphatic carbocycles. The SMILES string of the molecule is O=C(c1cccc2ncccc12)N1CC(CBr)C1. The van der Waals surface area contributed by atoms with Crippen molar-refractivity contribution >= 4 is 32.7 Å². The largest absolute Gasteiger partial charge is 0.338 e. The monoisotopic (exact) mass is 304 g/mol. The molecular weight excluding hydrogens is 292 g/mol. The van der Waals surface area contributed by atoms with Gasteiger partial charge in [-0.1, -0.05) is 28.1 Å². The maximum Gasteiger partial charge on any atom is 0.254 e. The minimum atomic E-state index is 0.116. The Hall–Kier alpha value is -1.42. The van der Waals surface area contributed by atoms with Crippen LogP contribution in [0.5, 0.6) is 0 Å². The first kappa shape index (κ1) is 11.7. The number of fused-ring (bicyclic) bond motifs is 1. The van der Waals surface area contributed by atoms with Crippen molar-refractivity contribution in [1.29, 1.82) is 0 Å². The minimum Gasteiger partial charge on any atom is -0.338 e. The van der Waals surface area contributed by atoms with Crippen LogP contribution in [-0.4, -0.2) is 34.2 Å². The summed E-state index contributed by atoms with van der Waals surface area (Å²) in [6.45, 7) is 1.70. The normalized spacial score (nSPS) is 15.7. The molecule has 2 aromatic rings. The zero-order chi connectivity index (χ0) is 12.5. The molecule has 0 spiro atoms. The van der Waals surface area contributed by atoms with E-state index in [0.29, 0.717) is 5.92 Å². The fourth-order valence-electron chi connectivity index (χ4n) is 2.29. The lowest BCUT2D eigenvalue weighted by atomic mass is 9.99. The van der Waals surface area contributed by atoms with Crippen LogP contribution in [0.4, 0.5) is 0 Å². The van der Waals surface area contributed by atoms with E-state index >= 15 is 0 Å². The maximum atomic E-state index is 12.4. The van der Waals surface area contributed by atoms with Crippen LogP contribution in [0.15, 0.2) is 36.5 Å². The number of nitrogens with zero attached hydrogens (tertiary/aromatic N) is 2. The number of alkyl halides is 1. The summed E-state index contributed by atoms with van der Waals surface area (Å²) < 4.78 is 0. The van der Waals surface area contributed by atoms with E-state index in [1.54, 1.807) is 6.20 Å². The van der Waals surface area contributed by atoms with Gasteiger partial charge in [0, 0.05) is 41.5 Å². The lowest BCUT2D eigenvalue weighted by Crippen LogP contribution is -2.50. The number of likely N-dealkylation sites (tertiary alicyclic amines) is 1. The third-order valence-corrected chi connectivity index (χ3v) is 4.25. The number of carbonyl (C=O) groups is 1. The second-order valence-electron chi connectivity index (χ2n) is 4.61. The number of hydrogen-bond acceptors (Lipinski definition) is 2. The van der Waals surface area contributed by atoms with Crippen molar-refractivity contribution in [2.24, 2.45) is 5.92 Å². The van der Waals surface area contributed by atoms with Gasteiger partial charge in [0.1, 0.15) is 0 Å². The fourth-order valence-corrected chi connectivity index (χ4v) is 2.70. The van der Waals surface area contributed by atoms with E-state index in [1.807, 2.05) is 35.2 Å². The standard InChI is InChI=1S/C14H13BrN2O/c15-7-10-8-17(9-10)14(18)12-3-1-5-13-11(12)4-2-6-16-13/h1-6,10H,7-9H2. The molecule has 1 aromatic heterocycles. The molecule has 92 valence electrons. The second-order valence-corrected chi connectivity index (χ2v) is 5.25. The van der Waals surface area contributed by atoms with Crippen molar-refractivity contribution in [2.75, 3.05) is 18.4 Å². The van der Waals surface area contributed by atoms with E-state index in [0.717, 1.165) is 34.9 Å². The predicted octanol–water partition coefficient (Wildman–Crippen LogP) is 2.70. The van der Waals surface area contributed by atoms with E-state index in [-0.39, 0.29) is 5.91 Å². The van der Waals surface area contributed by atoms with Crippen LogP contribution in [0.2, 0.25) is 0 Å². The zero-order valence-electron chi connectivity index (χ0n) is 9.84. The molecule has 1 saturated heterocycles. The summed E-state index contributed by atoms with van der Waals surface area (Å²) in [5.41, 5.74) is 1.63. The molecule has 3 rings (SSSR count). The molecule has 2 heterocycles. The van der Waals surface area contributed by atoms with Gasteiger partial charge in [-0.2, -0.15) is 0 Å². The average molecular weight is 305 g/mol. The smallest absolute Gasteiger partial charge is 0.254 e. The summed E-state index contributed by atoms with van der Waals surface area (Å²) >= 11 is 3.45. The molecule has 1 aromatic carbocycles. The molecule has 3 nitrogen and oxygen atoms in total. The molecule has 1 fully saturated rings. The number of rotatable bonds is 2. The summed E-state index contributed by atoms with van der Waals surface area (Å²) in [6.07, 6.45) is 1.75. The lowest BCUT2D eigenvalue weighted by molar-refractivity contribution is 0.0541. The molecule has 1 aliphatic heterocycles. The first-order chi connectivity index (χ1) is 8.79. The van der Waals surface area contributed by atoms with E-state index in [1.165, 1.54) is 0 Å². The Morgan fingerprint density at radius 2 is 2.17 bits per heavy atom. The molecule has 0 N–H and O–H groups in total. The van der Waals surface area contributed by atoms with Crippen molar-refractivity contribution < 1.29 is 4.79 Å². The van der Waals surface area contributed by atoms with E-state index in [4.69, 9.17) is 0 Å². The highest BCUT2D eigenvalue weighted by Gasteiger charge is 2.30. The van der Waals surface area contributed by atoms with Gasteiger partial charge in [0.15, 0.2) is 0 Å². The Balaban J connectivity index is 1.93. The van der Waals surface area contributed by atoms with Gasteiger partial charge in [0.2, 0.25) is 0 Å². The summed E-state index contributed by atoms with van der Waals surface area (Å²) in [5.74, 6) is 0.716. The Bertz CT molecular complexity index is 588. The highest BCUT2D eigenvalue weighted by atomic mass is 79.9. The van der Waals surface area contributed by atoms with Gasteiger partial charge in [-0.3, -0.25) is 9.78 Å². The van der Waals surface area contributed by atoms with Gasteiger partial charge in [-0.25, -0.2) is 0 Å². The van der Waals surface area contributed by atoms with Crippen LogP contribution < -0.4 is 0 Å². The zero-order valence-corrected chi connectivity index (χ0v) is 11.4. The first-order valence-corrected chi connectivity index (χ1v) is 7.10. The van der Waals surface area contributed by atoms with E-state index < -0.39 is 0 Å². The van der Waals surface area contributed by atoms with Gasteiger partial charge >= 0.3 is 0 Å². The van der Waals surface area contributed by atoms with Crippen molar-refractivity contribution in [2.45, 2.75) is 0 Å². The van der Waals surface area contributed by atoms with E-state index in [9.17, 15) is 4.79 Å². The number of aromatic nitrogens is 1. The maximum absolute atomic E-state index is 12.4. The van der Waals surface area contributed by atoms with Crippen molar-refractivity contribution in [1.82, 2.24) is 9.88 Å². The lowest BCUT2D eigenvalue weighted by Gasteiger charge is -2.38. The molecular formula is C14H13BrN2O. The van der Waals surface area contributed by atoms with Crippen LogP contribution in [-0.2, 0) is 0 Å². The quantitative estimate of drug-likeness (QED) is 0.799. The molecule has 1 aliphatic rings. The topological polar surface area (TPSA) is 33.2 Å². The van der Waals surface area contributed by atoms with Gasteiger partial charge in [0.05, 0.1) is 5.52 Å². The Morgan fingerprint density at radius 3 is 2.94 bits per heavy atom. The van der Waals surface area contributed by atoms with Crippen LogP contribution in [0, 0.1) is 5.92 Å². The molecule has 0 bridgehead atoms. The molecule has 0 unspecified atom stereocenters. The number of benzene rings is 1. The highest BCUT2D eigenvalue weighted by Crippen LogP contribution is 2.23. The Morgan fingerprint density at radius 1 is 1.33 bits per heavy atom. The average Bonchev–Trinajstić information content (AvgIpc) is 2.36. The first-order valence-electron chi connectivity index (χ1n) is 5.98. The molecule has 1 amide bonds. The Labute approximate surface area is 114 Å². The molecule has 18 heavy (non-hydrogen) atoms. The van der Waals surface area contributed by atoms with Crippen LogP contribution in [0.25, 0.3) is 10.9 Å². The summed E-state index contributed by atoms with van der Waals surface area (Å²) in [5, 5.41) is 1.90. The van der Waals surface area contributed by atoms with Gasteiger partial charge < -0.3 is 4.90 Å². The van der Waals surface area contributed by atoms with Crippen LogP contribution >= 0.6 is 15.9 Å². The molecule has 4 heteroatoms. The van der Waals surface area contributed by atoms with Crippen molar-refractivity contribution in [3.8, 4) is 0 Å². The predicted molar refractivity (Wildman–Crippen MR) is 74.9 cm³/mol. The number of pyridine rings is 1. The third-order valence-electron chi connectivity index (χ3n) is 3.34. The van der Waals surface area contributed by atoms with Crippen LogP contribution in [0.1, 0.15) is 10.4 Å². The number of hydrogen-bond donors (Lipinski definition) is 0. The van der Waals surface area contributed by atoms with Gasteiger partial charge in [0.25, 0.3) is 5.91 Å². The fraction of sp³-hybridized carbons (Fsp3) is 0.286. The molecule has 0 radical (unpaired) electrons. The number of amides is 1. The van der Waals surface area contributed by atoms with E-state index in [2.05, 4.69) is 20.9 Å². The molecule has 0 saturated carbocycles. The third kappa shape index (κ3) is 1.90. The van der Waals surface area contributed by atoms with Gasteiger partial charge in [-0.05, 0) is 18.2 Å². The summed E-state index contributed by atoms with van der Waals surface area (Å²) in [7, 11) is 0. The number of carbonyl (C=O) groups excluding carboxylic acids is 1. The molecule has 0 atom stereocenters. The van der Waals surface area contributed by atoms with Crippen molar-refractivity contribution in [3.63, 3.8) is 0 Å². The highest BCUT2D eigenvalue weighted by molar-refractivity contribution is 9.09.